The maximum absolute atomic E-state index is 12.9. The van der Waals surface area contributed by atoms with Gasteiger partial charge in [-0.1, -0.05) is 13.5 Å². The van der Waals surface area contributed by atoms with Crippen LogP contribution in [0.1, 0.15) is 40.5 Å². The molecule has 1 unspecified atom stereocenters. The molecule has 2 fully saturated rings. The highest BCUT2D eigenvalue weighted by molar-refractivity contribution is 6.23. The normalized spacial score (nSPS) is 23.7. The van der Waals surface area contributed by atoms with Gasteiger partial charge in [-0.05, 0) is 37.6 Å². The molecule has 0 spiro atoms. The van der Waals surface area contributed by atoms with E-state index in [-0.39, 0.29) is 17.7 Å². The molecule has 3 heterocycles. The van der Waals surface area contributed by atoms with Crippen molar-refractivity contribution in [3.8, 4) is 0 Å². The summed E-state index contributed by atoms with van der Waals surface area (Å²) in [5, 5.41) is 2.65. The van der Waals surface area contributed by atoms with Gasteiger partial charge in [-0.15, -0.1) is 0 Å². The Labute approximate surface area is 158 Å². The molecule has 3 aliphatic heterocycles. The molecular weight excluding hydrogens is 344 g/mol. The Kier molecular flexibility index (Phi) is 4.47. The molecule has 0 bridgehead atoms. The van der Waals surface area contributed by atoms with E-state index in [4.69, 9.17) is 0 Å². The first kappa shape index (κ1) is 17.7. The average molecular weight is 368 g/mol. The summed E-state index contributed by atoms with van der Waals surface area (Å²) in [5.41, 5.74) is 2.36. The molecule has 3 aliphatic rings. The number of hydrogen-bond acceptors (Lipinski definition) is 5. The van der Waals surface area contributed by atoms with E-state index < -0.39 is 6.04 Å². The van der Waals surface area contributed by atoms with E-state index in [0.29, 0.717) is 29.7 Å². The third-order valence-electron chi connectivity index (χ3n) is 5.72. The van der Waals surface area contributed by atoms with Gasteiger partial charge in [0, 0.05) is 37.6 Å². The number of nitrogens with zero attached hydrogens (tertiary/aromatic N) is 3. The van der Waals surface area contributed by atoms with Crippen molar-refractivity contribution in [2.75, 3.05) is 37.6 Å². The SMILES string of the molecule is C=C1CCC(N2C(=O)c3ccc(N4CCN(CC)CC4)cc3C2=O)C(=O)N1. The average Bonchev–Trinajstić information content (AvgIpc) is 2.92. The highest BCUT2D eigenvalue weighted by atomic mass is 16.2. The Morgan fingerprint density at radius 2 is 1.78 bits per heavy atom. The number of piperazine rings is 1. The largest absolute Gasteiger partial charge is 0.369 e. The van der Waals surface area contributed by atoms with Gasteiger partial charge in [-0.25, -0.2) is 0 Å². The number of carbonyl (C=O) groups is 3. The molecule has 0 aliphatic carbocycles. The molecule has 27 heavy (non-hydrogen) atoms. The van der Waals surface area contributed by atoms with Gasteiger partial charge in [0.2, 0.25) is 5.91 Å². The number of anilines is 1. The Balaban J connectivity index is 1.57. The summed E-state index contributed by atoms with van der Waals surface area (Å²) >= 11 is 0. The van der Waals surface area contributed by atoms with E-state index >= 15 is 0 Å². The number of likely N-dealkylation sites (N-methyl/N-ethyl adjacent to an activating group) is 1. The number of hydrogen-bond donors (Lipinski definition) is 1. The number of allylic oxidation sites excluding steroid dienone is 1. The van der Waals surface area contributed by atoms with Crippen LogP contribution in [0.3, 0.4) is 0 Å². The van der Waals surface area contributed by atoms with Gasteiger partial charge < -0.3 is 15.1 Å². The topological polar surface area (TPSA) is 73.0 Å². The zero-order chi connectivity index (χ0) is 19.1. The zero-order valence-electron chi connectivity index (χ0n) is 15.5. The van der Waals surface area contributed by atoms with E-state index in [1.807, 2.05) is 6.07 Å². The maximum atomic E-state index is 12.9. The molecule has 0 saturated carbocycles. The smallest absolute Gasteiger partial charge is 0.262 e. The molecule has 1 aromatic carbocycles. The fourth-order valence-corrected chi connectivity index (χ4v) is 4.06. The Hall–Kier alpha value is -2.67. The van der Waals surface area contributed by atoms with Crippen LogP contribution in [0, 0.1) is 0 Å². The number of benzene rings is 1. The lowest BCUT2D eigenvalue weighted by Crippen LogP contribution is -2.51. The second-order valence-electron chi connectivity index (χ2n) is 7.28. The van der Waals surface area contributed by atoms with Crippen LogP contribution in [0.5, 0.6) is 0 Å². The van der Waals surface area contributed by atoms with Crippen LogP contribution in [0.25, 0.3) is 0 Å². The maximum Gasteiger partial charge on any atom is 0.262 e. The summed E-state index contributed by atoms with van der Waals surface area (Å²) in [6.07, 6.45) is 0.985. The van der Waals surface area contributed by atoms with Crippen LogP contribution < -0.4 is 10.2 Å². The predicted molar refractivity (Wildman–Crippen MR) is 102 cm³/mol. The monoisotopic (exact) mass is 368 g/mol. The minimum absolute atomic E-state index is 0.336. The summed E-state index contributed by atoms with van der Waals surface area (Å²) in [6.45, 7) is 10.7. The molecule has 7 nitrogen and oxygen atoms in total. The van der Waals surface area contributed by atoms with Gasteiger partial charge in [-0.3, -0.25) is 19.3 Å². The lowest BCUT2D eigenvalue weighted by molar-refractivity contribution is -0.125. The van der Waals surface area contributed by atoms with E-state index in [1.165, 1.54) is 0 Å². The molecule has 1 N–H and O–H groups in total. The lowest BCUT2D eigenvalue weighted by Gasteiger charge is -2.35. The van der Waals surface area contributed by atoms with Crippen molar-refractivity contribution in [3.05, 3.63) is 41.6 Å². The number of amides is 3. The van der Waals surface area contributed by atoms with Crippen LogP contribution >= 0.6 is 0 Å². The van der Waals surface area contributed by atoms with Gasteiger partial charge in [0.05, 0.1) is 11.1 Å². The first-order chi connectivity index (χ1) is 13.0. The highest BCUT2D eigenvalue weighted by Gasteiger charge is 2.44. The summed E-state index contributed by atoms with van der Waals surface area (Å²) in [5.74, 6) is -1.10. The van der Waals surface area contributed by atoms with Crippen molar-refractivity contribution in [2.45, 2.75) is 25.8 Å². The van der Waals surface area contributed by atoms with Crippen LogP contribution in [-0.4, -0.2) is 66.3 Å². The summed E-state index contributed by atoms with van der Waals surface area (Å²) in [7, 11) is 0. The van der Waals surface area contributed by atoms with Crippen LogP contribution in [0.15, 0.2) is 30.5 Å². The van der Waals surface area contributed by atoms with E-state index in [0.717, 1.165) is 43.3 Å². The van der Waals surface area contributed by atoms with Crippen molar-refractivity contribution in [2.24, 2.45) is 0 Å². The molecule has 7 heteroatoms. The number of rotatable bonds is 3. The van der Waals surface area contributed by atoms with E-state index in [2.05, 4.69) is 28.6 Å². The fraction of sp³-hybridized carbons (Fsp3) is 0.450. The summed E-state index contributed by atoms with van der Waals surface area (Å²) in [6, 6.07) is 4.66. The first-order valence-corrected chi connectivity index (χ1v) is 9.47. The Morgan fingerprint density at radius 3 is 2.44 bits per heavy atom. The summed E-state index contributed by atoms with van der Waals surface area (Å²) < 4.78 is 0. The zero-order valence-corrected chi connectivity index (χ0v) is 15.5. The molecule has 0 aromatic heterocycles. The van der Waals surface area contributed by atoms with E-state index in [1.54, 1.807) is 12.1 Å². The van der Waals surface area contributed by atoms with Gasteiger partial charge in [0.1, 0.15) is 6.04 Å². The summed E-state index contributed by atoms with van der Waals surface area (Å²) in [4.78, 5) is 43.7. The standard InChI is InChI=1S/C20H24N4O3/c1-3-22-8-10-23(11-9-22)14-5-6-15-16(12-14)20(27)24(19(15)26)17-7-4-13(2)21-18(17)25/h5-6,12,17H,2-4,7-11H2,1H3,(H,21,25). The number of imide groups is 1. The van der Waals surface area contributed by atoms with Gasteiger partial charge >= 0.3 is 0 Å². The first-order valence-electron chi connectivity index (χ1n) is 9.47. The van der Waals surface area contributed by atoms with Crippen molar-refractivity contribution in [3.63, 3.8) is 0 Å². The van der Waals surface area contributed by atoms with Crippen molar-refractivity contribution in [1.29, 1.82) is 0 Å². The number of nitrogens with one attached hydrogen (secondary N) is 1. The second kappa shape index (κ2) is 6.81. The quantitative estimate of drug-likeness (QED) is 0.812. The Bertz CT molecular complexity index is 827. The minimum atomic E-state index is -0.764. The molecular formula is C20H24N4O3. The third kappa shape index (κ3) is 3.02. The van der Waals surface area contributed by atoms with Crippen molar-refractivity contribution < 1.29 is 14.4 Å². The van der Waals surface area contributed by atoms with Gasteiger partial charge in [-0.2, -0.15) is 0 Å². The van der Waals surface area contributed by atoms with Crippen LogP contribution in [0.2, 0.25) is 0 Å². The number of fused-ring (bicyclic) bond motifs is 1. The highest BCUT2D eigenvalue weighted by Crippen LogP contribution is 2.31. The van der Waals surface area contributed by atoms with Gasteiger partial charge in [0.15, 0.2) is 0 Å². The second-order valence-corrected chi connectivity index (χ2v) is 7.28. The van der Waals surface area contributed by atoms with Crippen LogP contribution in [0.4, 0.5) is 5.69 Å². The molecule has 0 radical (unpaired) electrons. The number of piperidine rings is 1. The van der Waals surface area contributed by atoms with Gasteiger partial charge in [0.25, 0.3) is 11.8 Å². The lowest BCUT2D eigenvalue weighted by atomic mass is 10.0. The number of carbonyl (C=O) groups excluding carboxylic acids is 3. The van der Waals surface area contributed by atoms with E-state index in [9.17, 15) is 14.4 Å². The minimum Gasteiger partial charge on any atom is -0.369 e. The molecule has 3 amide bonds. The molecule has 142 valence electrons. The molecule has 1 atom stereocenters. The van der Waals surface area contributed by atoms with Crippen molar-refractivity contribution >= 4 is 23.4 Å². The predicted octanol–water partition coefficient (Wildman–Crippen LogP) is 1.22. The molecule has 1 aromatic rings. The molecule has 4 rings (SSSR count). The van der Waals surface area contributed by atoms with Crippen molar-refractivity contribution in [1.82, 2.24) is 15.1 Å². The Morgan fingerprint density at radius 1 is 1.07 bits per heavy atom. The third-order valence-corrected chi connectivity index (χ3v) is 5.72. The molecule has 2 saturated heterocycles. The van der Waals surface area contributed by atoms with Crippen LogP contribution in [-0.2, 0) is 4.79 Å². The fourth-order valence-electron chi connectivity index (χ4n) is 4.06.